The summed E-state index contributed by atoms with van der Waals surface area (Å²) in [5, 5.41) is 0. The Morgan fingerprint density at radius 1 is 0.840 bits per heavy atom. The lowest BCUT2D eigenvalue weighted by Crippen LogP contribution is -2.48. The summed E-state index contributed by atoms with van der Waals surface area (Å²) in [6.45, 7) is 5.62. The summed E-state index contributed by atoms with van der Waals surface area (Å²) in [5.74, 6) is -15.5. The van der Waals surface area contributed by atoms with Gasteiger partial charge in [0, 0.05) is 0 Å². The average Bonchev–Trinajstić information content (AvgIpc) is 2.43. The molecule has 0 saturated carbocycles. The van der Waals surface area contributed by atoms with E-state index >= 15 is 0 Å². The molecule has 0 spiro atoms. The molecule has 140 valence electrons. The molecular formula is C11H10F3O10P. The largest absolute Gasteiger partial charge is 0.470 e. The molecule has 2 N–H and O–H groups in total. The van der Waals surface area contributed by atoms with Crippen molar-refractivity contribution in [2.45, 2.75) is 5.97 Å². The molecule has 0 fully saturated rings. The first-order chi connectivity index (χ1) is 11.2. The number of phosphoric ester groups is 1. The van der Waals surface area contributed by atoms with Crippen molar-refractivity contribution in [3.63, 3.8) is 0 Å². The summed E-state index contributed by atoms with van der Waals surface area (Å²) in [6, 6.07) is 0. The van der Waals surface area contributed by atoms with Crippen molar-refractivity contribution < 1.29 is 60.6 Å². The highest BCUT2D eigenvalue weighted by Crippen LogP contribution is 2.38. The zero-order valence-electron chi connectivity index (χ0n) is 12.1. The standard InChI is InChI=1S/C11H10F3O10P/c1-5(12)8(15)22-11(4-21-25(18,19)20,23-9(16)6(2)13)24-10(17)7(3)14/h1-4H2,(H2,18,19,20). The van der Waals surface area contributed by atoms with Gasteiger partial charge in [-0.3, -0.25) is 4.52 Å². The van der Waals surface area contributed by atoms with Crippen molar-refractivity contribution in [2.24, 2.45) is 0 Å². The zero-order valence-corrected chi connectivity index (χ0v) is 13.0. The van der Waals surface area contributed by atoms with Crippen LogP contribution in [0.4, 0.5) is 13.2 Å². The first-order valence-electron chi connectivity index (χ1n) is 5.62. The fraction of sp³-hybridized carbons (Fsp3) is 0.182. The number of ether oxygens (including phenoxy) is 3. The minimum absolute atomic E-state index is 1.81. The van der Waals surface area contributed by atoms with E-state index in [1.807, 2.05) is 0 Å². The van der Waals surface area contributed by atoms with Crippen molar-refractivity contribution >= 4 is 25.7 Å². The van der Waals surface area contributed by atoms with Gasteiger partial charge in [-0.15, -0.1) is 0 Å². The van der Waals surface area contributed by atoms with Crippen LogP contribution in [0.5, 0.6) is 0 Å². The second-order valence-electron chi connectivity index (χ2n) is 3.83. The molecule has 0 unspecified atom stereocenters. The second kappa shape index (κ2) is 8.58. The van der Waals surface area contributed by atoms with Crippen molar-refractivity contribution in [2.75, 3.05) is 6.61 Å². The molecule has 0 aliphatic heterocycles. The topological polar surface area (TPSA) is 146 Å². The van der Waals surface area contributed by atoms with Crippen LogP contribution in [0, 0.1) is 0 Å². The van der Waals surface area contributed by atoms with Crippen LogP contribution in [0.1, 0.15) is 0 Å². The Balaban J connectivity index is 5.92. The van der Waals surface area contributed by atoms with Crippen LogP contribution >= 0.6 is 7.82 Å². The Bertz CT molecular complexity index is 598. The molecule has 0 bridgehead atoms. The van der Waals surface area contributed by atoms with E-state index in [-0.39, 0.29) is 0 Å². The Labute approximate surface area is 137 Å². The second-order valence-corrected chi connectivity index (χ2v) is 5.07. The van der Waals surface area contributed by atoms with Crippen molar-refractivity contribution in [3.05, 3.63) is 37.2 Å². The Kier molecular flexibility index (Phi) is 7.73. The molecule has 0 atom stereocenters. The number of carbonyl (C=O) groups excluding carboxylic acids is 3. The number of phosphoric acid groups is 1. The molecule has 0 amide bonds. The summed E-state index contributed by atoms with van der Waals surface area (Å²) >= 11 is 0. The van der Waals surface area contributed by atoms with E-state index in [0.717, 1.165) is 0 Å². The number of hydrogen-bond donors (Lipinski definition) is 2. The van der Waals surface area contributed by atoms with Crippen LogP contribution in [0.3, 0.4) is 0 Å². The fourth-order valence-electron chi connectivity index (χ4n) is 0.904. The molecular weight excluding hydrogens is 380 g/mol. The van der Waals surface area contributed by atoms with Gasteiger partial charge >= 0.3 is 31.7 Å². The number of hydrogen-bond acceptors (Lipinski definition) is 8. The lowest BCUT2D eigenvalue weighted by Gasteiger charge is -2.30. The van der Waals surface area contributed by atoms with Gasteiger partial charge in [-0.25, -0.2) is 18.9 Å². The molecule has 0 aliphatic rings. The predicted octanol–water partition coefficient (Wildman–Crippen LogP) is 0.829. The molecule has 0 heterocycles. The van der Waals surface area contributed by atoms with Gasteiger partial charge in [-0.1, -0.05) is 19.7 Å². The maximum absolute atomic E-state index is 12.8. The molecule has 0 aromatic heterocycles. The summed E-state index contributed by atoms with van der Waals surface area (Å²) in [4.78, 5) is 50.9. The maximum atomic E-state index is 12.8. The lowest BCUT2D eigenvalue weighted by molar-refractivity contribution is -0.336. The Morgan fingerprint density at radius 2 is 1.12 bits per heavy atom. The Hall–Kier alpha value is -2.47. The van der Waals surface area contributed by atoms with Crippen LogP contribution in [0.2, 0.25) is 0 Å². The van der Waals surface area contributed by atoms with Crippen molar-refractivity contribution in [1.82, 2.24) is 0 Å². The van der Waals surface area contributed by atoms with Gasteiger partial charge in [0.15, 0.2) is 6.61 Å². The third-order valence-corrected chi connectivity index (χ3v) is 2.28. The molecule has 10 nitrogen and oxygen atoms in total. The zero-order chi connectivity index (χ0) is 20.0. The summed E-state index contributed by atoms with van der Waals surface area (Å²) < 4.78 is 65.0. The highest BCUT2D eigenvalue weighted by atomic mass is 31.2. The number of rotatable bonds is 9. The van der Waals surface area contributed by atoms with Crippen LogP contribution in [-0.2, 0) is 37.7 Å². The molecule has 0 aliphatic carbocycles. The van der Waals surface area contributed by atoms with Crippen LogP contribution < -0.4 is 0 Å². The van der Waals surface area contributed by atoms with Gasteiger partial charge in [-0.05, 0) is 0 Å². The average molecular weight is 390 g/mol. The van der Waals surface area contributed by atoms with E-state index in [4.69, 9.17) is 9.79 Å². The number of carbonyl (C=O) groups is 3. The fourth-order valence-corrected chi connectivity index (χ4v) is 1.23. The summed E-state index contributed by atoms with van der Waals surface area (Å²) in [5.41, 5.74) is 0. The smallest absolute Gasteiger partial charge is 0.381 e. The van der Waals surface area contributed by atoms with Crippen molar-refractivity contribution in [3.8, 4) is 0 Å². The first kappa shape index (κ1) is 22.5. The van der Waals surface area contributed by atoms with E-state index in [0.29, 0.717) is 0 Å². The molecule has 14 heteroatoms. The summed E-state index contributed by atoms with van der Waals surface area (Å²) in [6.07, 6.45) is 0. The van der Waals surface area contributed by atoms with Crippen molar-refractivity contribution in [1.29, 1.82) is 0 Å². The van der Waals surface area contributed by atoms with E-state index < -0.39 is 55.8 Å². The minimum Gasteiger partial charge on any atom is -0.381 e. The van der Waals surface area contributed by atoms with Gasteiger partial charge in [0.25, 0.3) is 0 Å². The van der Waals surface area contributed by atoms with Gasteiger partial charge < -0.3 is 24.0 Å². The monoisotopic (exact) mass is 390 g/mol. The van der Waals surface area contributed by atoms with E-state index in [2.05, 4.69) is 38.5 Å². The molecule has 0 saturated heterocycles. The van der Waals surface area contributed by atoms with Crippen LogP contribution in [0.25, 0.3) is 0 Å². The van der Waals surface area contributed by atoms with Gasteiger partial charge in [-0.2, -0.15) is 13.2 Å². The van der Waals surface area contributed by atoms with Gasteiger partial charge in [0.2, 0.25) is 17.5 Å². The highest BCUT2D eigenvalue weighted by molar-refractivity contribution is 7.46. The van der Waals surface area contributed by atoms with E-state index in [1.165, 1.54) is 0 Å². The third-order valence-electron chi connectivity index (χ3n) is 1.82. The molecule has 0 rings (SSSR count). The van der Waals surface area contributed by atoms with E-state index in [9.17, 15) is 32.1 Å². The lowest BCUT2D eigenvalue weighted by atomic mass is 10.5. The Morgan fingerprint density at radius 3 is 1.32 bits per heavy atom. The van der Waals surface area contributed by atoms with E-state index in [1.54, 1.807) is 0 Å². The quantitative estimate of drug-likeness (QED) is 0.251. The minimum atomic E-state index is -5.39. The SMILES string of the molecule is C=C(F)C(=O)OC(COP(=O)(O)O)(OC(=O)C(=C)F)OC(=O)C(=C)F. The van der Waals surface area contributed by atoms with Crippen LogP contribution in [-0.4, -0.2) is 40.3 Å². The predicted molar refractivity (Wildman–Crippen MR) is 69.7 cm³/mol. The summed E-state index contributed by atoms with van der Waals surface area (Å²) in [7, 11) is -5.39. The highest BCUT2D eigenvalue weighted by Gasteiger charge is 2.48. The van der Waals surface area contributed by atoms with Gasteiger partial charge in [0.05, 0.1) is 0 Å². The normalized spacial score (nSPS) is 11.2. The third kappa shape index (κ3) is 8.26. The molecule has 25 heavy (non-hydrogen) atoms. The maximum Gasteiger partial charge on any atom is 0.470 e. The van der Waals surface area contributed by atoms with Gasteiger partial charge in [0.1, 0.15) is 0 Å². The number of halogens is 3. The first-order valence-corrected chi connectivity index (χ1v) is 7.15. The molecule has 0 radical (unpaired) electrons. The molecule has 0 aromatic rings. The van der Waals surface area contributed by atoms with Crippen LogP contribution in [0.15, 0.2) is 37.2 Å². The number of esters is 3. The molecule has 0 aromatic carbocycles.